The molecule has 0 fully saturated rings. The maximum atomic E-state index is 5.55. The van der Waals surface area contributed by atoms with E-state index in [0.717, 1.165) is 21.6 Å². The summed E-state index contributed by atoms with van der Waals surface area (Å²) in [5.74, 6) is 1.75. The van der Waals surface area contributed by atoms with E-state index in [1.807, 2.05) is 30.3 Å². The fourth-order valence-electron chi connectivity index (χ4n) is 1.83. The monoisotopic (exact) mass is 322 g/mol. The molecular weight excluding hydrogens is 311 g/mol. The van der Waals surface area contributed by atoms with Gasteiger partial charge in [0.25, 0.3) is 0 Å². The van der Waals surface area contributed by atoms with E-state index in [-0.39, 0.29) is 14.7 Å². The summed E-state index contributed by atoms with van der Waals surface area (Å²) in [4.78, 5) is 4.36. The van der Waals surface area contributed by atoms with Crippen LogP contribution in [-0.2, 0) is 0 Å². The Bertz CT molecular complexity index is 749. The molecule has 3 aromatic rings. The molecule has 0 amide bonds. The number of hydrogen-bond acceptors (Lipinski definition) is 3. The number of hydrogen-bond donors (Lipinski definition) is 0. The molecule has 0 aliphatic heterocycles. The molecule has 18 heavy (non-hydrogen) atoms. The van der Waals surface area contributed by atoms with Crippen molar-refractivity contribution >= 4 is 36.6 Å². The molecule has 0 aliphatic rings. The van der Waals surface area contributed by atoms with Gasteiger partial charge in [0.05, 0.1) is 0 Å². The predicted molar refractivity (Wildman–Crippen MR) is 75.4 cm³/mol. The van der Waals surface area contributed by atoms with E-state index in [0.29, 0.717) is 0 Å². The number of rotatable bonds is 2. The van der Waals surface area contributed by atoms with Crippen molar-refractivity contribution in [2.24, 2.45) is 0 Å². The van der Waals surface area contributed by atoms with Crippen molar-refractivity contribution in [2.45, 2.75) is 0 Å². The second-order valence-corrected chi connectivity index (χ2v) is 6.17. The van der Waals surface area contributed by atoms with Gasteiger partial charge in [-0.1, -0.05) is 0 Å². The molecule has 3 rings (SSSR count). The Hall–Kier alpha value is -1.42. The van der Waals surface area contributed by atoms with E-state index in [1.165, 1.54) is 4.26 Å². The standard InChI is InChI=1S/C13H10N2OSSe/c1-16-9-5-4-6-10-12(9)13(17)15(18-10)11-7-2-3-8-14-11/h2-8H,1H3. The van der Waals surface area contributed by atoms with Gasteiger partial charge in [-0.2, -0.15) is 0 Å². The summed E-state index contributed by atoms with van der Waals surface area (Å²) in [6, 6.07) is 11.9. The minimum absolute atomic E-state index is 0.134. The molecule has 0 aliphatic carbocycles. The molecule has 0 atom stereocenters. The quantitative estimate of drug-likeness (QED) is 0.536. The molecule has 90 valence electrons. The molecular formula is C13H10N2OSSe. The third-order valence-corrected chi connectivity index (χ3v) is 5.59. The third kappa shape index (κ3) is 1.81. The van der Waals surface area contributed by atoms with Crippen LogP contribution in [0.15, 0.2) is 42.6 Å². The van der Waals surface area contributed by atoms with Crippen LogP contribution in [0.5, 0.6) is 5.75 Å². The molecule has 2 aromatic heterocycles. The van der Waals surface area contributed by atoms with Gasteiger partial charge in [0, 0.05) is 0 Å². The van der Waals surface area contributed by atoms with Crippen LogP contribution in [-0.4, -0.2) is 30.4 Å². The molecule has 0 saturated heterocycles. The number of ether oxygens (including phenoxy) is 1. The molecule has 5 heteroatoms. The molecule has 0 spiro atoms. The van der Waals surface area contributed by atoms with Crippen LogP contribution in [0.25, 0.3) is 15.5 Å². The Morgan fingerprint density at radius 2 is 2.11 bits per heavy atom. The van der Waals surface area contributed by atoms with Crippen molar-refractivity contribution < 1.29 is 4.74 Å². The molecule has 3 nitrogen and oxygen atoms in total. The summed E-state index contributed by atoms with van der Waals surface area (Å²) in [6.07, 6.45) is 1.79. The number of methoxy groups -OCH3 is 1. The van der Waals surface area contributed by atoms with Gasteiger partial charge < -0.3 is 0 Å². The van der Waals surface area contributed by atoms with E-state index >= 15 is 0 Å². The summed E-state index contributed by atoms with van der Waals surface area (Å²) in [5, 5.41) is 1.04. The van der Waals surface area contributed by atoms with Crippen LogP contribution < -0.4 is 4.74 Å². The predicted octanol–water partition coefficient (Wildman–Crippen LogP) is 2.82. The second kappa shape index (κ2) is 4.69. The Morgan fingerprint density at radius 1 is 1.22 bits per heavy atom. The van der Waals surface area contributed by atoms with Crippen LogP contribution in [0.2, 0.25) is 0 Å². The molecule has 0 saturated carbocycles. The van der Waals surface area contributed by atoms with Gasteiger partial charge in [0.1, 0.15) is 0 Å². The molecule has 0 radical (unpaired) electrons. The number of fused-ring (bicyclic) bond motifs is 1. The first kappa shape index (κ1) is 11.7. The van der Waals surface area contributed by atoms with Gasteiger partial charge in [0.2, 0.25) is 0 Å². The van der Waals surface area contributed by atoms with Crippen molar-refractivity contribution in [3.63, 3.8) is 0 Å². The average molecular weight is 321 g/mol. The zero-order chi connectivity index (χ0) is 12.5. The average Bonchev–Trinajstić information content (AvgIpc) is 2.77. The topological polar surface area (TPSA) is 27.1 Å². The summed E-state index contributed by atoms with van der Waals surface area (Å²) in [6.45, 7) is 0. The fourth-order valence-corrected chi connectivity index (χ4v) is 4.58. The van der Waals surface area contributed by atoms with Crippen LogP contribution in [0.1, 0.15) is 0 Å². The normalized spacial score (nSPS) is 10.7. The van der Waals surface area contributed by atoms with Crippen molar-refractivity contribution in [1.29, 1.82) is 0 Å². The third-order valence-electron chi connectivity index (χ3n) is 2.65. The van der Waals surface area contributed by atoms with Gasteiger partial charge in [-0.15, -0.1) is 0 Å². The zero-order valence-corrected chi connectivity index (χ0v) is 12.2. The van der Waals surface area contributed by atoms with Crippen LogP contribution in [0, 0.1) is 4.64 Å². The number of nitrogens with zero attached hydrogens (tertiary/aromatic N) is 2. The van der Waals surface area contributed by atoms with E-state index in [9.17, 15) is 0 Å². The Kier molecular flexibility index (Phi) is 3.04. The molecule has 0 unspecified atom stereocenters. The van der Waals surface area contributed by atoms with E-state index in [2.05, 4.69) is 14.6 Å². The van der Waals surface area contributed by atoms with Gasteiger partial charge >= 0.3 is 116 Å². The van der Waals surface area contributed by atoms with E-state index < -0.39 is 0 Å². The first-order valence-electron chi connectivity index (χ1n) is 5.41. The summed E-state index contributed by atoms with van der Waals surface area (Å²) in [5.41, 5.74) is 0. The summed E-state index contributed by atoms with van der Waals surface area (Å²) in [7, 11) is 1.68. The molecule has 1 aromatic carbocycles. The van der Waals surface area contributed by atoms with Gasteiger partial charge in [-0.3, -0.25) is 0 Å². The van der Waals surface area contributed by atoms with Crippen molar-refractivity contribution in [3.05, 3.63) is 47.2 Å². The summed E-state index contributed by atoms with van der Waals surface area (Å²) >= 11 is 5.69. The van der Waals surface area contributed by atoms with Gasteiger partial charge in [-0.05, 0) is 0 Å². The molecule has 2 heterocycles. The van der Waals surface area contributed by atoms with Crippen LogP contribution >= 0.6 is 12.2 Å². The Balaban J connectivity index is 2.34. The maximum absolute atomic E-state index is 5.55. The van der Waals surface area contributed by atoms with Crippen LogP contribution in [0.3, 0.4) is 0 Å². The molecule has 0 N–H and O–H groups in total. The van der Waals surface area contributed by atoms with Crippen molar-refractivity contribution in [2.75, 3.05) is 7.11 Å². The zero-order valence-electron chi connectivity index (χ0n) is 9.66. The van der Waals surface area contributed by atoms with E-state index in [4.69, 9.17) is 17.0 Å². The van der Waals surface area contributed by atoms with Gasteiger partial charge in [0.15, 0.2) is 0 Å². The minimum atomic E-state index is 0.134. The fraction of sp³-hybridized carbons (Fsp3) is 0.0769. The Morgan fingerprint density at radius 3 is 2.83 bits per heavy atom. The SMILES string of the molecule is COc1cccc2[se]n(-c3ccccn3)c(=S)c12. The van der Waals surface area contributed by atoms with Crippen molar-refractivity contribution in [3.8, 4) is 11.6 Å². The van der Waals surface area contributed by atoms with Gasteiger partial charge in [-0.25, -0.2) is 0 Å². The summed E-state index contributed by atoms with van der Waals surface area (Å²) < 4.78 is 9.53. The number of aromatic nitrogens is 2. The van der Waals surface area contributed by atoms with E-state index in [1.54, 1.807) is 13.3 Å². The first-order valence-corrected chi connectivity index (χ1v) is 7.45. The number of pyridine rings is 1. The Labute approximate surface area is 116 Å². The number of benzene rings is 1. The first-order chi connectivity index (χ1) is 8.81. The van der Waals surface area contributed by atoms with Crippen LogP contribution in [0.4, 0.5) is 0 Å². The van der Waals surface area contributed by atoms with Crippen molar-refractivity contribution in [1.82, 2.24) is 8.55 Å². The molecule has 0 bridgehead atoms. The second-order valence-electron chi connectivity index (χ2n) is 3.71.